The first kappa shape index (κ1) is 20.7. The third kappa shape index (κ3) is 4.17. The number of hydrogen-bond donors (Lipinski definition) is 2. The fourth-order valence-electron chi connectivity index (χ4n) is 4.95. The van der Waals surface area contributed by atoms with Crippen LogP contribution in [0.4, 0.5) is 0 Å². The zero-order valence-electron chi connectivity index (χ0n) is 17.3. The van der Waals surface area contributed by atoms with E-state index in [1.165, 1.54) is 0 Å². The monoisotopic (exact) mass is 410 g/mol. The van der Waals surface area contributed by atoms with Crippen molar-refractivity contribution in [2.24, 2.45) is 11.8 Å². The summed E-state index contributed by atoms with van der Waals surface area (Å²) in [6.45, 7) is 2.79. The van der Waals surface area contributed by atoms with E-state index in [2.05, 4.69) is 0 Å². The SMILES string of the molecule is N=CN1C(=N)c2ccccc2C1CC(=O)C1CCN(C(=O)CC2CCOCC2)CC1. The molecule has 0 radical (unpaired) electrons. The van der Waals surface area contributed by atoms with Crippen LogP contribution < -0.4 is 0 Å². The van der Waals surface area contributed by atoms with Crippen LogP contribution in [0.15, 0.2) is 24.3 Å². The second-order valence-electron chi connectivity index (χ2n) is 8.57. The second-order valence-corrected chi connectivity index (χ2v) is 8.57. The molecule has 0 bridgehead atoms. The predicted molar refractivity (Wildman–Crippen MR) is 114 cm³/mol. The van der Waals surface area contributed by atoms with Gasteiger partial charge in [-0.3, -0.25) is 20.4 Å². The fraction of sp³-hybridized carbons (Fsp3) is 0.565. The summed E-state index contributed by atoms with van der Waals surface area (Å²) in [6, 6.07) is 7.35. The minimum atomic E-state index is -0.271. The van der Waals surface area contributed by atoms with Crippen LogP contribution >= 0.6 is 0 Å². The van der Waals surface area contributed by atoms with Gasteiger partial charge >= 0.3 is 0 Å². The van der Waals surface area contributed by atoms with Crippen LogP contribution in [0.2, 0.25) is 0 Å². The summed E-state index contributed by atoms with van der Waals surface area (Å²) in [7, 11) is 0. The second kappa shape index (κ2) is 9.08. The van der Waals surface area contributed by atoms with Crippen molar-refractivity contribution in [1.29, 1.82) is 10.8 Å². The van der Waals surface area contributed by atoms with Gasteiger partial charge in [0, 0.05) is 50.6 Å². The number of amides is 1. The summed E-state index contributed by atoms with van der Waals surface area (Å²) in [6.07, 6.45) is 5.37. The molecule has 7 heteroatoms. The Morgan fingerprint density at radius 2 is 1.77 bits per heavy atom. The molecule has 2 saturated heterocycles. The number of likely N-dealkylation sites (tertiary alicyclic amines) is 1. The molecule has 3 aliphatic heterocycles. The predicted octanol–water partition coefficient (Wildman–Crippen LogP) is 2.99. The van der Waals surface area contributed by atoms with Gasteiger partial charge < -0.3 is 14.5 Å². The number of nitrogens with zero attached hydrogens (tertiary/aromatic N) is 2. The van der Waals surface area contributed by atoms with Crippen molar-refractivity contribution in [3.05, 3.63) is 35.4 Å². The van der Waals surface area contributed by atoms with Crippen molar-refractivity contribution in [2.45, 2.75) is 44.6 Å². The molecule has 1 unspecified atom stereocenters. The number of fused-ring (bicyclic) bond motifs is 1. The first-order chi connectivity index (χ1) is 14.6. The van der Waals surface area contributed by atoms with Crippen LogP contribution in [0, 0.1) is 22.7 Å². The van der Waals surface area contributed by atoms with E-state index in [0.717, 1.165) is 43.5 Å². The summed E-state index contributed by atoms with van der Waals surface area (Å²) < 4.78 is 5.37. The average molecular weight is 411 g/mol. The summed E-state index contributed by atoms with van der Waals surface area (Å²) in [5.74, 6) is 1.04. The standard InChI is InChI=1S/C23H30N4O3/c24-15-27-20(18-3-1-2-4-19(18)23(27)25)14-21(28)17-5-9-26(10-6-17)22(29)13-16-7-11-30-12-8-16/h1-4,15-17,20,24-25H,5-14H2. The first-order valence-corrected chi connectivity index (χ1v) is 10.9. The van der Waals surface area contributed by atoms with Gasteiger partial charge in [0.05, 0.1) is 12.4 Å². The number of ether oxygens (including phenoxy) is 1. The zero-order valence-corrected chi connectivity index (χ0v) is 17.3. The van der Waals surface area contributed by atoms with Crippen molar-refractivity contribution >= 4 is 23.9 Å². The van der Waals surface area contributed by atoms with Crippen molar-refractivity contribution in [3.8, 4) is 0 Å². The lowest BCUT2D eigenvalue weighted by Crippen LogP contribution is -2.41. The molecule has 1 amide bonds. The third-order valence-electron chi connectivity index (χ3n) is 6.81. The molecule has 4 rings (SSSR count). The molecule has 1 aromatic rings. The van der Waals surface area contributed by atoms with Crippen molar-refractivity contribution < 1.29 is 14.3 Å². The van der Waals surface area contributed by atoms with Gasteiger partial charge in [0.1, 0.15) is 11.6 Å². The van der Waals surface area contributed by atoms with E-state index >= 15 is 0 Å². The normalized spacial score (nSPS) is 22.8. The Labute approximate surface area is 177 Å². The van der Waals surface area contributed by atoms with Gasteiger partial charge in [0.25, 0.3) is 0 Å². The number of ketones is 1. The highest BCUT2D eigenvalue weighted by molar-refractivity contribution is 6.07. The Kier molecular flexibility index (Phi) is 6.27. The molecule has 0 aromatic heterocycles. The number of nitrogens with one attached hydrogen (secondary N) is 2. The topological polar surface area (TPSA) is 97.5 Å². The average Bonchev–Trinajstić information content (AvgIpc) is 3.05. The Morgan fingerprint density at radius 3 is 2.47 bits per heavy atom. The Balaban J connectivity index is 1.32. The maximum absolute atomic E-state index is 13.0. The van der Waals surface area contributed by atoms with E-state index in [1.807, 2.05) is 29.2 Å². The highest BCUT2D eigenvalue weighted by atomic mass is 16.5. The van der Waals surface area contributed by atoms with Crippen LogP contribution in [0.1, 0.15) is 55.7 Å². The van der Waals surface area contributed by atoms with Crippen molar-refractivity contribution in [3.63, 3.8) is 0 Å². The lowest BCUT2D eigenvalue weighted by Gasteiger charge is -2.33. The molecular weight excluding hydrogens is 380 g/mol. The van der Waals surface area contributed by atoms with E-state index in [-0.39, 0.29) is 29.5 Å². The van der Waals surface area contributed by atoms with Crippen LogP contribution in [0.25, 0.3) is 0 Å². The first-order valence-electron chi connectivity index (χ1n) is 10.9. The summed E-state index contributed by atoms with van der Waals surface area (Å²) >= 11 is 0. The number of carbonyl (C=O) groups is 2. The third-order valence-corrected chi connectivity index (χ3v) is 6.81. The number of hydrogen-bond acceptors (Lipinski definition) is 5. The number of benzene rings is 1. The number of rotatable bonds is 6. The van der Waals surface area contributed by atoms with Gasteiger partial charge in [-0.05, 0) is 37.2 Å². The quantitative estimate of drug-likeness (QED) is 0.556. The number of amidine groups is 1. The molecule has 3 aliphatic rings. The molecule has 2 N–H and O–H groups in total. The van der Waals surface area contributed by atoms with E-state index < -0.39 is 0 Å². The number of piperidine rings is 1. The minimum Gasteiger partial charge on any atom is -0.381 e. The van der Waals surface area contributed by atoms with Crippen LogP contribution in [0.5, 0.6) is 0 Å². The Hall–Kier alpha value is -2.54. The van der Waals surface area contributed by atoms with Gasteiger partial charge in [-0.15, -0.1) is 0 Å². The molecule has 30 heavy (non-hydrogen) atoms. The molecular formula is C23H30N4O3. The van der Waals surface area contributed by atoms with Gasteiger partial charge in [-0.1, -0.05) is 24.3 Å². The molecule has 0 spiro atoms. The Bertz CT molecular complexity index is 825. The lowest BCUT2D eigenvalue weighted by molar-refractivity contribution is -0.136. The number of carbonyl (C=O) groups excluding carboxylic acids is 2. The molecule has 1 aromatic carbocycles. The Morgan fingerprint density at radius 1 is 1.07 bits per heavy atom. The van der Waals surface area contributed by atoms with Crippen molar-refractivity contribution in [2.75, 3.05) is 26.3 Å². The summed E-state index contributed by atoms with van der Waals surface area (Å²) in [5, 5.41) is 16.0. The van der Waals surface area contributed by atoms with E-state index in [1.54, 1.807) is 4.90 Å². The van der Waals surface area contributed by atoms with Crippen LogP contribution in [0.3, 0.4) is 0 Å². The molecule has 7 nitrogen and oxygen atoms in total. The van der Waals surface area contributed by atoms with E-state index in [4.69, 9.17) is 15.6 Å². The van der Waals surface area contributed by atoms with Gasteiger partial charge in [0.15, 0.2) is 0 Å². The highest BCUT2D eigenvalue weighted by Gasteiger charge is 2.36. The van der Waals surface area contributed by atoms with E-state index in [9.17, 15) is 9.59 Å². The van der Waals surface area contributed by atoms with E-state index in [0.29, 0.717) is 44.7 Å². The zero-order chi connectivity index (χ0) is 21.1. The fourth-order valence-corrected chi connectivity index (χ4v) is 4.95. The van der Waals surface area contributed by atoms with Crippen LogP contribution in [-0.4, -0.2) is 60.0 Å². The number of Topliss-reactive ketones (excluding diaryl/α,β-unsaturated/α-hetero) is 1. The van der Waals surface area contributed by atoms with Crippen molar-refractivity contribution in [1.82, 2.24) is 9.80 Å². The summed E-state index contributed by atoms with van der Waals surface area (Å²) in [5.41, 5.74) is 1.75. The van der Waals surface area contributed by atoms with Gasteiger partial charge in [-0.25, -0.2) is 0 Å². The smallest absolute Gasteiger partial charge is 0.222 e. The molecule has 0 saturated carbocycles. The molecule has 160 valence electrons. The minimum absolute atomic E-state index is 0.0494. The molecule has 1 atom stereocenters. The highest BCUT2D eigenvalue weighted by Crippen LogP contribution is 2.36. The molecule has 3 heterocycles. The molecule has 0 aliphatic carbocycles. The maximum Gasteiger partial charge on any atom is 0.222 e. The van der Waals surface area contributed by atoms with Gasteiger partial charge in [-0.2, -0.15) is 0 Å². The van der Waals surface area contributed by atoms with Gasteiger partial charge in [0.2, 0.25) is 5.91 Å². The largest absolute Gasteiger partial charge is 0.381 e. The summed E-state index contributed by atoms with van der Waals surface area (Å²) in [4.78, 5) is 29.2. The lowest BCUT2D eigenvalue weighted by atomic mass is 9.87. The molecule has 2 fully saturated rings. The maximum atomic E-state index is 13.0. The van der Waals surface area contributed by atoms with Crippen LogP contribution in [-0.2, 0) is 14.3 Å².